The van der Waals surface area contributed by atoms with Gasteiger partial charge in [-0.2, -0.15) is 0 Å². The monoisotopic (exact) mass is 269 g/mol. The molecule has 0 amide bonds. The van der Waals surface area contributed by atoms with Crippen LogP contribution in [0, 0.1) is 0 Å². The van der Waals surface area contributed by atoms with E-state index in [0.717, 1.165) is 5.75 Å². The number of methoxy groups -OCH3 is 1. The maximum absolute atomic E-state index is 5.21. The Morgan fingerprint density at radius 3 is 2.53 bits per heavy atom. The number of fused-ring (bicyclic) bond motifs is 1. The first kappa shape index (κ1) is 12.3. The van der Waals surface area contributed by atoms with Gasteiger partial charge in [0.05, 0.1) is 18.7 Å². The minimum absolute atomic E-state index is 0.335. The fourth-order valence-electron chi connectivity index (χ4n) is 2.33. The predicted octanol–water partition coefficient (Wildman–Crippen LogP) is 4.84. The molecule has 1 heterocycles. The summed E-state index contributed by atoms with van der Waals surface area (Å²) in [5.74, 6) is 3.15. The lowest BCUT2D eigenvalue weighted by molar-refractivity contribution is 0.414. The molecule has 3 aromatic rings. The molecular weight excluding hydrogens is 253 g/mol. The lowest BCUT2D eigenvalue weighted by Crippen LogP contribution is -2.04. The quantitative estimate of drug-likeness (QED) is 0.663. The average Bonchev–Trinajstić information content (AvgIpc) is 2.90. The Balaban J connectivity index is 2.00. The minimum atomic E-state index is 0.335. The van der Waals surface area contributed by atoms with E-state index >= 15 is 0 Å². The molecule has 3 heteroatoms. The van der Waals surface area contributed by atoms with Crippen LogP contribution >= 0.6 is 8.19 Å². The van der Waals surface area contributed by atoms with Gasteiger partial charge in [0.15, 0.2) is 0 Å². The van der Waals surface area contributed by atoms with Gasteiger partial charge in [-0.1, -0.05) is 24.3 Å². The van der Waals surface area contributed by atoms with Gasteiger partial charge in [0.1, 0.15) is 5.75 Å². The molecule has 0 aliphatic rings. The number of hydrogen-bond donors (Lipinski definition) is 0. The molecule has 19 heavy (non-hydrogen) atoms. The van der Waals surface area contributed by atoms with Crippen molar-refractivity contribution >= 4 is 18.8 Å². The second kappa shape index (κ2) is 5.07. The van der Waals surface area contributed by atoms with Crippen molar-refractivity contribution in [1.29, 1.82) is 0 Å². The predicted molar refractivity (Wildman–Crippen MR) is 81.3 cm³/mol. The summed E-state index contributed by atoms with van der Waals surface area (Å²) in [6.07, 6.45) is 0. The smallest absolute Gasteiger partial charge is 0.118 e. The third-order valence-corrected chi connectivity index (χ3v) is 4.52. The summed E-state index contributed by atoms with van der Waals surface area (Å²) in [6, 6.07) is 17.2. The zero-order chi connectivity index (χ0) is 13.2. The number of benzene rings is 2. The van der Waals surface area contributed by atoms with E-state index in [9.17, 15) is 0 Å². The third-order valence-electron chi connectivity index (χ3n) is 3.50. The zero-order valence-corrected chi connectivity index (χ0v) is 12.0. The van der Waals surface area contributed by atoms with E-state index < -0.39 is 0 Å². The molecule has 0 aliphatic carbocycles. The van der Waals surface area contributed by atoms with Gasteiger partial charge < -0.3 is 9.30 Å². The zero-order valence-electron chi connectivity index (χ0n) is 11.1. The summed E-state index contributed by atoms with van der Waals surface area (Å²) in [6.45, 7) is 2.23. The summed E-state index contributed by atoms with van der Waals surface area (Å²) in [4.78, 5) is 0. The van der Waals surface area contributed by atoms with Gasteiger partial charge in [-0.05, 0) is 44.9 Å². The second-order valence-electron chi connectivity index (χ2n) is 4.59. The molecule has 0 fully saturated rings. The maximum atomic E-state index is 5.21. The summed E-state index contributed by atoms with van der Waals surface area (Å²) < 4.78 is 7.55. The molecule has 0 aliphatic heterocycles. The van der Waals surface area contributed by atoms with Crippen LogP contribution in [0.1, 0.15) is 18.5 Å². The van der Waals surface area contributed by atoms with Crippen LogP contribution in [0.2, 0.25) is 0 Å². The van der Waals surface area contributed by atoms with Crippen LogP contribution in [0.15, 0.2) is 54.5 Å². The van der Waals surface area contributed by atoms with Gasteiger partial charge in [0.25, 0.3) is 0 Å². The normalized spacial score (nSPS) is 12.9. The molecule has 2 nitrogen and oxygen atoms in total. The molecule has 3 rings (SSSR count). The van der Waals surface area contributed by atoms with Gasteiger partial charge in [0, 0.05) is 11.0 Å². The molecule has 1 aromatic heterocycles. The number of rotatable bonds is 3. The van der Waals surface area contributed by atoms with Crippen molar-refractivity contribution < 1.29 is 4.74 Å². The molecule has 0 saturated carbocycles. The Labute approximate surface area is 114 Å². The Morgan fingerprint density at radius 2 is 1.79 bits per heavy atom. The van der Waals surface area contributed by atoms with Gasteiger partial charge in [-0.25, -0.2) is 0 Å². The van der Waals surface area contributed by atoms with E-state index in [2.05, 4.69) is 53.8 Å². The molecule has 1 atom stereocenters. The van der Waals surface area contributed by atoms with Crippen molar-refractivity contribution in [2.24, 2.45) is 0 Å². The molecule has 96 valence electrons. The van der Waals surface area contributed by atoms with Crippen LogP contribution in [-0.2, 0) is 0 Å². The number of para-hydroxylation sites is 1. The highest BCUT2D eigenvalue weighted by Gasteiger charge is 2.10. The van der Waals surface area contributed by atoms with Gasteiger partial charge >= 0.3 is 0 Å². The van der Waals surface area contributed by atoms with Crippen LogP contribution < -0.4 is 4.74 Å². The van der Waals surface area contributed by atoms with E-state index in [1.165, 1.54) is 24.4 Å². The van der Waals surface area contributed by atoms with Crippen LogP contribution in [0.4, 0.5) is 0 Å². The van der Waals surface area contributed by atoms with Gasteiger partial charge in [0.2, 0.25) is 0 Å². The number of aromatic nitrogens is 1. The molecule has 0 spiro atoms. The lowest BCUT2D eigenvalue weighted by atomic mass is 10.1. The van der Waals surface area contributed by atoms with Crippen molar-refractivity contribution in [3.05, 3.63) is 60.0 Å². The van der Waals surface area contributed by atoms with Crippen molar-refractivity contribution in [3.8, 4) is 5.75 Å². The standard InChI is InChI=1S/C16H16NOP/c1-12(13-7-9-14(18-2)10-8-13)17-11-19-16-6-4-3-5-15(16)17/h3-12H,1-2H3/t12-/m0/s1. The molecule has 0 N–H and O–H groups in total. The lowest BCUT2D eigenvalue weighted by Gasteiger charge is -2.16. The van der Waals surface area contributed by atoms with E-state index in [1.807, 2.05) is 12.1 Å². The molecule has 0 bridgehead atoms. The Kier molecular flexibility index (Phi) is 3.27. The Bertz CT molecular complexity index is 687. The summed E-state index contributed by atoms with van der Waals surface area (Å²) in [5.41, 5.74) is 2.61. The van der Waals surface area contributed by atoms with Crippen molar-refractivity contribution in [3.63, 3.8) is 0 Å². The van der Waals surface area contributed by atoms with Crippen LogP contribution in [0.3, 0.4) is 0 Å². The minimum Gasteiger partial charge on any atom is -0.497 e. The largest absolute Gasteiger partial charge is 0.497 e. The highest BCUT2D eigenvalue weighted by atomic mass is 31.0. The van der Waals surface area contributed by atoms with Crippen molar-refractivity contribution in [1.82, 2.24) is 4.57 Å². The van der Waals surface area contributed by atoms with E-state index in [1.54, 1.807) is 7.11 Å². The van der Waals surface area contributed by atoms with Crippen LogP contribution in [0.5, 0.6) is 5.75 Å². The van der Waals surface area contributed by atoms with E-state index in [0.29, 0.717) is 6.04 Å². The summed E-state index contributed by atoms with van der Waals surface area (Å²) in [5, 5.41) is 1.38. The molecule has 2 aromatic carbocycles. The molecule has 0 unspecified atom stereocenters. The second-order valence-corrected chi connectivity index (χ2v) is 5.56. The van der Waals surface area contributed by atoms with Gasteiger partial charge in [-0.3, -0.25) is 0 Å². The third kappa shape index (κ3) is 2.24. The molecular formula is C16H16NOP. The van der Waals surface area contributed by atoms with E-state index in [4.69, 9.17) is 4.74 Å². The molecule has 0 saturated heterocycles. The topological polar surface area (TPSA) is 14.2 Å². The van der Waals surface area contributed by atoms with Gasteiger partial charge in [-0.15, -0.1) is 0 Å². The Morgan fingerprint density at radius 1 is 1.05 bits per heavy atom. The first-order valence-electron chi connectivity index (χ1n) is 6.35. The first-order chi connectivity index (χ1) is 9.29. The molecule has 0 radical (unpaired) electrons. The number of ether oxygens (including phenoxy) is 1. The Hall–Kier alpha value is -1.79. The highest BCUT2D eigenvalue weighted by Crippen LogP contribution is 2.30. The fraction of sp³-hybridized carbons (Fsp3) is 0.188. The highest BCUT2D eigenvalue weighted by molar-refractivity contribution is 7.36. The van der Waals surface area contributed by atoms with E-state index in [-0.39, 0.29) is 0 Å². The summed E-state index contributed by atoms with van der Waals surface area (Å²) >= 11 is 0. The van der Waals surface area contributed by atoms with Crippen LogP contribution in [0.25, 0.3) is 10.6 Å². The summed E-state index contributed by atoms with van der Waals surface area (Å²) in [7, 11) is 2.97. The first-order valence-corrected chi connectivity index (χ1v) is 7.31. The van der Waals surface area contributed by atoms with Crippen molar-refractivity contribution in [2.75, 3.05) is 7.11 Å². The average molecular weight is 269 g/mol. The fourth-order valence-corrected chi connectivity index (χ4v) is 3.40. The number of hydrogen-bond acceptors (Lipinski definition) is 1. The maximum Gasteiger partial charge on any atom is 0.118 e. The van der Waals surface area contributed by atoms with Crippen LogP contribution in [-0.4, -0.2) is 11.7 Å². The van der Waals surface area contributed by atoms with Crippen molar-refractivity contribution in [2.45, 2.75) is 13.0 Å². The SMILES string of the molecule is COc1ccc([C@H](C)n2cpc3ccccc32)cc1. The number of nitrogens with zero attached hydrogens (tertiary/aromatic N) is 1.